The van der Waals surface area contributed by atoms with Crippen LogP contribution in [0.25, 0.3) is 0 Å². The van der Waals surface area contributed by atoms with Gasteiger partial charge in [-0.3, -0.25) is 0 Å². The maximum absolute atomic E-state index is 3.62. The average Bonchev–Trinajstić information content (AvgIpc) is 2.93. The molecule has 1 aliphatic rings. The molecule has 90 valence electrons. The monoisotopic (exact) mass is 255 g/mol. The zero-order valence-electron chi connectivity index (χ0n) is 9.95. The van der Waals surface area contributed by atoms with E-state index in [1.807, 2.05) is 11.8 Å². The number of thioether (sulfide) groups is 1. The van der Waals surface area contributed by atoms with E-state index in [0.717, 1.165) is 12.5 Å². The lowest BCUT2D eigenvalue weighted by atomic mass is 10.2. The van der Waals surface area contributed by atoms with Gasteiger partial charge in [-0.1, -0.05) is 12.8 Å². The molecule has 16 heavy (non-hydrogen) atoms. The molecule has 1 aliphatic carbocycles. The summed E-state index contributed by atoms with van der Waals surface area (Å²) in [5.74, 6) is 3.44. The van der Waals surface area contributed by atoms with E-state index in [1.165, 1.54) is 36.3 Å². The van der Waals surface area contributed by atoms with Crippen molar-refractivity contribution < 1.29 is 0 Å². The molecule has 1 N–H and O–H groups in total. The Morgan fingerprint density at radius 1 is 1.56 bits per heavy atom. The summed E-state index contributed by atoms with van der Waals surface area (Å²) < 4.78 is 0. The molecular formula is C13H21NS2. The molecule has 1 atom stereocenters. The first-order valence-corrected chi connectivity index (χ1v) is 8.26. The zero-order valence-corrected chi connectivity index (χ0v) is 11.6. The minimum absolute atomic E-state index is 0.717. The van der Waals surface area contributed by atoms with Crippen molar-refractivity contribution in [2.75, 3.05) is 12.3 Å². The van der Waals surface area contributed by atoms with Gasteiger partial charge in [0.1, 0.15) is 0 Å². The molecule has 0 radical (unpaired) electrons. The van der Waals surface area contributed by atoms with Crippen LogP contribution < -0.4 is 5.32 Å². The Labute approximate surface area is 107 Å². The topological polar surface area (TPSA) is 12.0 Å². The standard InChI is InChI=1S/C13H21NS2/c1-11(8-12-2-3-12)14-5-7-16-10-13-4-6-15-9-13/h4,6,9,11-12,14H,2-3,5,7-8,10H2,1H3. The van der Waals surface area contributed by atoms with Crippen molar-refractivity contribution in [3.63, 3.8) is 0 Å². The van der Waals surface area contributed by atoms with Gasteiger partial charge >= 0.3 is 0 Å². The minimum atomic E-state index is 0.717. The van der Waals surface area contributed by atoms with Gasteiger partial charge in [-0.2, -0.15) is 23.1 Å². The maximum Gasteiger partial charge on any atom is 0.0193 e. The SMILES string of the molecule is CC(CC1CC1)NCCSCc1ccsc1. The number of hydrogen-bond donors (Lipinski definition) is 1. The van der Waals surface area contributed by atoms with E-state index < -0.39 is 0 Å². The van der Waals surface area contributed by atoms with Crippen molar-refractivity contribution in [2.45, 2.75) is 38.0 Å². The molecule has 0 aliphatic heterocycles. The Hall–Kier alpha value is 0.01000. The average molecular weight is 255 g/mol. The van der Waals surface area contributed by atoms with Crippen LogP contribution in [0, 0.1) is 5.92 Å². The molecule has 0 spiro atoms. The highest BCUT2D eigenvalue weighted by Gasteiger charge is 2.22. The van der Waals surface area contributed by atoms with E-state index in [0.29, 0.717) is 6.04 Å². The molecule has 1 aromatic rings. The molecule has 0 saturated heterocycles. The van der Waals surface area contributed by atoms with Gasteiger partial charge in [0, 0.05) is 24.1 Å². The Bertz CT molecular complexity index is 280. The van der Waals surface area contributed by atoms with Crippen molar-refractivity contribution in [3.8, 4) is 0 Å². The molecule has 1 nitrogen and oxygen atoms in total. The van der Waals surface area contributed by atoms with Gasteiger partial charge in [0.2, 0.25) is 0 Å². The molecule has 1 unspecified atom stereocenters. The summed E-state index contributed by atoms with van der Waals surface area (Å²) in [4.78, 5) is 0. The Kier molecular flexibility index (Phi) is 5.20. The summed E-state index contributed by atoms with van der Waals surface area (Å²) in [5.41, 5.74) is 1.47. The number of rotatable bonds is 8. The fraction of sp³-hybridized carbons (Fsp3) is 0.692. The first kappa shape index (κ1) is 12.5. The van der Waals surface area contributed by atoms with Crippen LogP contribution in [0.2, 0.25) is 0 Å². The first-order valence-electron chi connectivity index (χ1n) is 6.17. The summed E-state index contributed by atoms with van der Waals surface area (Å²) >= 11 is 3.82. The summed E-state index contributed by atoms with van der Waals surface area (Å²) in [6, 6.07) is 2.94. The molecule has 1 aromatic heterocycles. The molecular weight excluding hydrogens is 234 g/mol. The molecule has 3 heteroatoms. The number of hydrogen-bond acceptors (Lipinski definition) is 3. The van der Waals surface area contributed by atoms with Crippen molar-refractivity contribution in [1.82, 2.24) is 5.32 Å². The number of nitrogens with one attached hydrogen (secondary N) is 1. The lowest BCUT2D eigenvalue weighted by molar-refractivity contribution is 0.503. The second kappa shape index (κ2) is 6.67. The highest BCUT2D eigenvalue weighted by molar-refractivity contribution is 7.98. The van der Waals surface area contributed by atoms with Gasteiger partial charge in [0.05, 0.1) is 0 Å². The van der Waals surface area contributed by atoms with E-state index in [1.54, 1.807) is 11.3 Å². The third-order valence-corrected chi connectivity index (χ3v) is 4.73. The lowest BCUT2D eigenvalue weighted by Crippen LogP contribution is -2.28. The van der Waals surface area contributed by atoms with Gasteiger partial charge in [0.25, 0.3) is 0 Å². The van der Waals surface area contributed by atoms with E-state index in [2.05, 4.69) is 29.1 Å². The summed E-state index contributed by atoms with van der Waals surface area (Å²) in [7, 11) is 0. The van der Waals surface area contributed by atoms with E-state index in [9.17, 15) is 0 Å². The van der Waals surface area contributed by atoms with Crippen LogP contribution in [-0.4, -0.2) is 18.3 Å². The third-order valence-electron chi connectivity index (χ3n) is 2.97. The highest BCUT2D eigenvalue weighted by Crippen LogP contribution is 2.33. The quantitative estimate of drug-likeness (QED) is 0.710. The van der Waals surface area contributed by atoms with Crippen LogP contribution in [0.15, 0.2) is 16.8 Å². The Balaban J connectivity index is 1.45. The molecule has 2 rings (SSSR count). The third kappa shape index (κ3) is 4.89. The minimum Gasteiger partial charge on any atom is -0.313 e. The van der Waals surface area contributed by atoms with E-state index in [4.69, 9.17) is 0 Å². The normalized spacial score (nSPS) is 17.6. The molecule has 0 aromatic carbocycles. The fourth-order valence-corrected chi connectivity index (χ4v) is 3.48. The molecule has 1 heterocycles. The Morgan fingerprint density at radius 3 is 3.12 bits per heavy atom. The van der Waals surface area contributed by atoms with Crippen LogP contribution in [0.3, 0.4) is 0 Å². The van der Waals surface area contributed by atoms with Crippen molar-refractivity contribution in [3.05, 3.63) is 22.4 Å². The molecule has 1 saturated carbocycles. The smallest absolute Gasteiger partial charge is 0.0193 e. The predicted molar refractivity (Wildman–Crippen MR) is 75.3 cm³/mol. The number of thiophene rings is 1. The van der Waals surface area contributed by atoms with Crippen molar-refractivity contribution in [2.24, 2.45) is 5.92 Å². The zero-order chi connectivity index (χ0) is 11.2. The maximum atomic E-state index is 3.62. The van der Waals surface area contributed by atoms with E-state index in [-0.39, 0.29) is 0 Å². The van der Waals surface area contributed by atoms with E-state index >= 15 is 0 Å². The predicted octanol–water partition coefficient (Wildman–Crippen LogP) is 3.76. The van der Waals surface area contributed by atoms with Crippen LogP contribution in [0.5, 0.6) is 0 Å². The van der Waals surface area contributed by atoms with Crippen LogP contribution in [0.1, 0.15) is 31.7 Å². The highest BCUT2D eigenvalue weighted by atomic mass is 32.2. The van der Waals surface area contributed by atoms with Crippen molar-refractivity contribution in [1.29, 1.82) is 0 Å². The second-order valence-electron chi connectivity index (χ2n) is 4.72. The molecule has 1 fully saturated rings. The van der Waals surface area contributed by atoms with Crippen LogP contribution in [-0.2, 0) is 5.75 Å². The summed E-state index contributed by atoms with van der Waals surface area (Å²) in [6.45, 7) is 3.48. The first-order chi connectivity index (χ1) is 7.84. The largest absolute Gasteiger partial charge is 0.313 e. The summed E-state index contributed by atoms with van der Waals surface area (Å²) in [5, 5.41) is 8.02. The van der Waals surface area contributed by atoms with Crippen molar-refractivity contribution >= 4 is 23.1 Å². The van der Waals surface area contributed by atoms with Gasteiger partial charge in [-0.05, 0) is 41.7 Å². The summed E-state index contributed by atoms with van der Waals surface area (Å²) in [6.07, 6.45) is 4.33. The van der Waals surface area contributed by atoms with Gasteiger partial charge in [-0.25, -0.2) is 0 Å². The molecule has 0 bridgehead atoms. The fourth-order valence-electron chi connectivity index (χ4n) is 1.88. The van der Waals surface area contributed by atoms with Gasteiger partial charge in [0.15, 0.2) is 0 Å². The Morgan fingerprint density at radius 2 is 2.44 bits per heavy atom. The van der Waals surface area contributed by atoms with Crippen LogP contribution in [0.4, 0.5) is 0 Å². The second-order valence-corrected chi connectivity index (χ2v) is 6.60. The molecule has 0 amide bonds. The van der Waals surface area contributed by atoms with Gasteiger partial charge in [-0.15, -0.1) is 0 Å². The van der Waals surface area contributed by atoms with Gasteiger partial charge < -0.3 is 5.32 Å². The van der Waals surface area contributed by atoms with Crippen LogP contribution >= 0.6 is 23.1 Å². The lowest BCUT2D eigenvalue weighted by Gasteiger charge is -2.12.